The van der Waals surface area contributed by atoms with E-state index in [2.05, 4.69) is 15.9 Å². The number of para-hydroxylation sites is 1. The maximum atomic E-state index is 14.0. The van der Waals surface area contributed by atoms with E-state index in [-0.39, 0.29) is 23.6 Å². The molecule has 3 aromatic rings. The van der Waals surface area contributed by atoms with Crippen LogP contribution < -0.4 is 9.80 Å². The van der Waals surface area contributed by atoms with Crippen molar-refractivity contribution < 1.29 is 14.4 Å². The molecule has 2 fully saturated rings. The average Bonchev–Trinajstić information content (AvgIpc) is 3.32. The lowest BCUT2D eigenvalue weighted by Gasteiger charge is -2.36. The fraction of sp³-hybridized carbons (Fsp3) is 0.207. The number of imide groups is 1. The monoisotopic (exact) mass is 526 g/mol. The molecule has 0 radical (unpaired) electrons. The molecule has 3 aliphatic heterocycles. The minimum absolute atomic E-state index is 0.149. The minimum atomic E-state index is -0.774. The first-order valence-corrected chi connectivity index (χ1v) is 12.5. The summed E-state index contributed by atoms with van der Waals surface area (Å²) in [6.45, 7) is 3.89. The Kier molecular flexibility index (Phi) is 5.04. The summed E-state index contributed by atoms with van der Waals surface area (Å²) in [6, 6.07) is 19.6. The van der Waals surface area contributed by atoms with Gasteiger partial charge in [0.1, 0.15) is 6.04 Å². The Labute approximate surface area is 212 Å². The van der Waals surface area contributed by atoms with Crippen LogP contribution in [0.5, 0.6) is 0 Å². The summed E-state index contributed by atoms with van der Waals surface area (Å²) in [4.78, 5) is 45.2. The standard InChI is InChI=1S/C29H23BrN2O3/c1-16-7-13-21(17(2)15-16)32-28(34)24-23-14-10-18-5-3-4-6-22(18)31(23)26(25(24)29(32)35)27(33)19-8-11-20(30)12-9-19/h3-15,23-26H,1-2H3/t23-,24-,25+,26-/m0/s1. The summed E-state index contributed by atoms with van der Waals surface area (Å²) in [6.07, 6.45) is 3.98. The Bertz CT molecular complexity index is 1430. The first-order chi connectivity index (χ1) is 16.9. The summed E-state index contributed by atoms with van der Waals surface area (Å²) in [7, 11) is 0. The molecular weight excluding hydrogens is 504 g/mol. The molecule has 174 valence electrons. The van der Waals surface area contributed by atoms with Gasteiger partial charge in [-0.1, -0.05) is 76.1 Å². The Hall–Kier alpha value is -3.51. The Morgan fingerprint density at radius 1 is 0.857 bits per heavy atom. The second-order valence-electron chi connectivity index (χ2n) is 9.49. The fourth-order valence-corrected chi connectivity index (χ4v) is 6.16. The normalized spacial score (nSPS) is 24.4. The number of benzene rings is 3. The predicted molar refractivity (Wildman–Crippen MR) is 139 cm³/mol. The summed E-state index contributed by atoms with van der Waals surface area (Å²) < 4.78 is 0.871. The molecule has 3 aromatic carbocycles. The lowest BCUT2D eigenvalue weighted by molar-refractivity contribution is -0.122. The van der Waals surface area contributed by atoms with Crippen LogP contribution in [0.3, 0.4) is 0 Å². The molecule has 4 atom stereocenters. The first kappa shape index (κ1) is 22.0. The van der Waals surface area contributed by atoms with Gasteiger partial charge in [0.15, 0.2) is 5.78 Å². The average molecular weight is 527 g/mol. The summed E-state index contributed by atoms with van der Waals surface area (Å²) in [5, 5.41) is 0. The van der Waals surface area contributed by atoms with E-state index in [9.17, 15) is 14.4 Å². The van der Waals surface area contributed by atoms with Crippen molar-refractivity contribution in [2.75, 3.05) is 9.80 Å². The zero-order chi connectivity index (χ0) is 24.4. The van der Waals surface area contributed by atoms with Gasteiger partial charge in [-0.3, -0.25) is 14.4 Å². The van der Waals surface area contributed by atoms with Crippen molar-refractivity contribution in [2.45, 2.75) is 25.9 Å². The number of aryl methyl sites for hydroxylation is 2. The third kappa shape index (κ3) is 3.23. The van der Waals surface area contributed by atoms with Crippen LogP contribution in [0.25, 0.3) is 6.08 Å². The zero-order valence-corrected chi connectivity index (χ0v) is 20.9. The van der Waals surface area contributed by atoms with Crippen LogP contribution in [0.4, 0.5) is 11.4 Å². The van der Waals surface area contributed by atoms with Crippen molar-refractivity contribution in [3.63, 3.8) is 0 Å². The van der Waals surface area contributed by atoms with E-state index in [1.807, 2.05) is 85.5 Å². The number of carbonyl (C=O) groups excluding carboxylic acids is 3. The maximum Gasteiger partial charge on any atom is 0.240 e. The van der Waals surface area contributed by atoms with Gasteiger partial charge in [-0.05, 0) is 49.2 Å². The number of carbonyl (C=O) groups is 3. The van der Waals surface area contributed by atoms with Crippen molar-refractivity contribution >= 4 is 51.0 Å². The number of halogens is 1. The molecule has 6 heteroatoms. The van der Waals surface area contributed by atoms with Crippen LogP contribution in [-0.4, -0.2) is 29.7 Å². The number of hydrogen-bond acceptors (Lipinski definition) is 4. The van der Waals surface area contributed by atoms with Gasteiger partial charge in [-0.25, -0.2) is 4.90 Å². The summed E-state index contributed by atoms with van der Waals surface area (Å²) >= 11 is 3.43. The van der Waals surface area contributed by atoms with Gasteiger partial charge >= 0.3 is 0 Å². The highest BCUT2D eigenvalue weighted by Crippen LogP contribution is 2.50. The highest BCUT2D eigenvalue weighted by atomic mass is 79.9. The van der Waals surface area contributed by atoms with Crippen LogP contribution in [0.1, 0.15) is 27.0 Å². The van der Waals surface area contributed by atoms with Gasteiger partial charge < -0.3 is 4.90 Å². The van der Waals surface area contributed by atoms with E-state index < -0.39 is 17.9 Å². The lowest BCUT2D eigenvalue weighted by Crippen LogP contribution is -2.49. The third-order valence-corrected chi connectivity index (χ3v) is 7.93. The van der Waals surface area contributed by atoms with Crippen molar-refractivity contribution in [3.8, 4) is 0 Å². The van der Waals surface area contributed by atoms with E-state index in [1.165, 1.54) is 4.90 Å². The molecule has 35 heavy (non-hydrogen) atoms. The van der Waals surface area contributed by atoms with Crippen LogP contribution in [0.2, 0.25) is 0 Å². The van der Waals surface area contributed by atoms with Gasteiger partial charge in [-0.15, -0.1) is 0 Å². The molecule has 0 unspecified atom stereocenters. The van der Waals surface area contributed by atoms with Gasteiger partial charge in [0.05, 0.1) is 23.6 Å². The number of hydrogen-bond donors (Lipinski definition) is 0. The second-order valence-corrected chi connectivity index (χ2v) is 10.4. The number of Topliss-reactive ketones (excluding diaryl/α,β-unsaturated/α-hetero) is 1. The van der Waals surface area contributed by atoms with Crippen molar-refractivity contribution in [1.29, 1.82) is 0 Å². The van der Waals surface area contributed by atoms with Gasteiger partial charge in [0.2, 0.25) is 11.8 Å². The topological polar surface area (TPSA) is 57.7 Å². The third-order valence-electron chi connectivity index (χ3n) is 7.41. The lowest BCUT2D eigenvalue weighted by atomic mass is 9.86. The maximum absolute atomic E-state index is 14.0. The smallest absolute Gasteiger partial charge is 0.240 e. The van der Waals surface area contributed by atoms with Gasteiger partial charge in [0.25, 0.3) is 0 Å². The van der Waals surface area contributed by atoms with Gasteiger partial charge in [0, 0.05) is 15.7 Å². The van der Waals surface area contributed by atoms with Crippen LogP contribution in [0, 0.1) is 25.7 Å². The molecule has 0 bridgehead atoms. The van der Waals surface area contributed by atoms with E-state index in [1.54, 1.807) is 12.1 Å². The Morgan fingerprint density at radius 3 is 2.31 bits per heavy atom. The van der Waals surface area contributed by atoms with Crippen LogP contribution >= 0.6 is 15.9 Å². The molecule has 0 aliphatic carbocycles. The van der Waals surface area contributed by atoms with Crippen molar-refractivity contribution in [2.24, 2.45) is 11.8 Å². The number of anilines is 2. The number of rotatable bonds is 3. The SMILES string of the molecule is Cc1ccc(N2C(=O)[C@@H]3[C@@H](C2=O)[C@@H]2C=Cc4ccccc4N2[C@@H]3C(=O)c2ccc(Br)cc2)c(C)c1. The van der Waals surface area contributed by atoms with E-state index >= 15 is 0 Å². The Balaban J connectivity index is 1.50. The quantitative estimate of drug-likeness (QED) is 0.341. The first-order valence-electron chi connectivity index (χ1n) is 11.7. The van der Waals surface area contributed by atoms with Crippen LogP contribution in [0.15, 0.2) is 77.3 Å². The molecule has 6 rings (SSSR count). The van der Waals surface area contributed by atoms with Crippen molar-refractivity contribution in [1.82, 2.24) is 0 Å². The molecule has 2 amide bonds. The zero-order valence-electron chi connectivity index (χ0n) is 19.3. The second kappa shape index (κ2) is 8.02. The number of ketones is 1. The molecule has 2 saturated heterocycles. The van der Waals surface area contributed by atoms with Crippen LogP contribution in [-0.2, 0) is 9.59 Å². The predicted octanol–water partition coefficient (Wildman–Crippen LogP) is 5.34. The largest absolute Gasteiger partial charge is 0.352 e. The number of nitrogens with zero attached hydrogens (tertiary/aromatic N) is 2. The summed E-state index contributed by atoms with van der Waals surface area (Å²) in [5.74, 6) is -2.08. The fourth-order valence-electron chi connectivity index (χ4n) is 5.89. The number of amides is 2. The number of fused-ring (bicyclic) bond motifs is 5. The Morgan fingerprint density at radius 2 is 1.57 bits per heavy atom. The molecule has 3 aliphatic rings. The molecule has 0 N–H and O–H groups in total. The van der Waals surface area contributed by atoms with E-state index in [4.69, 9.17) is 0 Å². The molecule has 5 nitrogen and oxygen atoms in total. The molecule has 0 aromatic heterocycles. The van der Waals surface area contributed by atoms with E-state index in [0.29, 0.717) is 11.3 Å². The molecule has 0 saturated carbocycles. The minimum Gasteiger partial charge on any atom is -0.352 e. The van der Waals surface area contributed by atoms with E-state index in [0.717, 1.165) is 26.9 Å². The molecular formula is C29H23BrN2O3. The van der Waals surface area contributed by atoms with Gasteiger partial charge in [-0.2, -0.15) is 0 Å². The molecule has 0 spiro atoms. The summed E-state index contributed by atoms with van der Waals surface area (Å²) in [5.41, 5.74) is 4.90. The molecule has 3 heterocycles. The highest BCUT2D eigenvalue weighted by molar-refractivity contribution is 9.10. The highest BCUT2D eigenvalue weighted by Gasteiger charge is 2.64. The van der Waals surface area contributed by atoms with Crippen molar-refractivity contribution in [3.05, 3.63) is 99.5 Å².